The highest BCUT2D eigenvalue weighted by molar-refractivity contribution is 5.93. The van der Waals surface area contributed by atoms with E-state index < -0.39 is 12.0 Å². The molecule has 2 heterocycles. The van der Waals surface area contributed by atoms with Crippen LogP contribution in [0, 0.1) is 6.92 Å². The van der Waals surface area contributed by atoms with Gasteiger partial charge in [0.1, 0.15) is 11.7 Å². The van der Waals surface area contributed by atoms with Gasteiger partial charge in [0.2, 0.25) is 0 Å². The fraction of sp³-hybridized carbons (Fsp3) is 0.429. The fourth-order valence-electron chi connectivity index (χ4n) is 2.03. The number of hydrogen-bond donors (Lipinski definition) is 2. The van der Waals surface area contributed by atoms with E-state index in [0.717, 1.165) is 12.0 Å². The van der Waals surface area contributed by atoms with Crippen molar-refractivity contribution in [2.45, 2.75) is 32.9 Å². The number of hydrogen-bond acceptors (Lipinski definition) is 4. The lowest BCUT2D eigenvalue weighted by Crippen LogP contribution is -2.30. The molecule has 0 aromatic carbocycles. The molecule has 0 aliphatic heterocycles. The smallest absolute Gasteiger partial charge is 0.328 e. The Kier molecular flexibility index (Phi) is 4.92. The van der Waals surface area contributed by atoms with E-state index >= 15 is 0 Å². The molecule has 0 aliphatic rings. The standard InChI is InChI=1S/C14H19N5O3/c1-10-8-17-18(9-10)7-3-5-15-13(20)12-4-6-16-19(12)11(2)14(21)22/h4,6,8-9,11H,3,5,7H2,1-2H3,(H,15,20)(H,21,22). The van der Waals surface area contributed by atoms with Gasteiger partial charge in [-0.3, -0.25) is 9.48 Å². The van der Waals surface area contributed by atoms with Crippen LogP contribution in [0.15, 0.2) is 24.7 Å². The Morgan fingerprint density at radius 3 is 2.82 bits per heavy atom. The highest BCUT2D eigenvalue weighted by Gasteiger charge is 2.20. The van der Waals surface area contributed by atoms with Crippen LogP contribution in [0.3, 0.4) is 0 Å². The molecule has 2 aromatic heterocycles. The van der Waals surface area contributed by atoms with Crippen molar-refractivity contribution in [3.8, 4) is 0 Å². The van der Waals surface area contributed by atoms with E-state index in [1.54, 1.807) is 6.20 Å². The molecule has 1 unspecified atom stereocenters. The first-order chi connectivity index (χ1) is 10.5. The third kappa shape index (κ3) is 3.72. The first-order valence-electron chi connectivity index (χ1n) is 7.02. The SMILES string of the molecule is Cc1cnn(CCCNC(=O)c2ccnn2C(C)C(=O)O)c1. The molecule has 2 rings (SSSR count). The van der Waals surface area contributed by atoms with Gasteiger partial charge in [0.25, 0.3) is 5.91 Å². The second kappa shape index (κ2) is 6.88. The summed E-state index contributed by atoms with van der Waals surface area (Å²) in [5.74, 6) is -1.37. The van der Waals surface area contributed by atoms with Gasteiger partial charge in [0, 0.05) is 25.5 Å². The van der Waals surface area contributed by atoms with Gasteiger partial charge in [-0.25, -0.2) is 9.48 Å². The molecule has 1 atom stereocenters. The van der Waals surface area contributed by atoms with Crippen LogP contribution >= 0.6 is 0 Å². The van der Waals surface area contributed by atoms with E-state index in [9.17, 15) is 9.59 Å². The van der Waals surface area contributed by atoms with Crippen LogP contribution < -0.4 is 5.32 Å². The van der Waals surface area contributed by atoms with Gasteiger partial charge in [0.05, 0.1) is 6.20 Å². The topological polar surface area (TPSA) is 102 Å². The van der Waals surface area contributed by atoms with Crippen molar-refractivity contribution in [1.82, 2.24) is 24.9 Å². The quantitative estimate of drug-likeness (QED) is 0.738. The number of carbonyl (C=O) groups is 2. The summed E-state index contributed by atoms with van der Waals surface area (Å²) in [6.45, 7) is 4.63. The predicted molar refractivity (Wildman–Crippen MR) is 78.5 cm³/mol. The molecule has 0 spiro atoms. The van der Waals surface area contributed by atoms with Gasteiger partial charge in [-0.15, -0.1) is 0 Å². The van der Waals surface area contributed by atoms with E-state index in [-0.39, 0.29) is 11.6 Å². The molecule has 0 aliphatic carbocycles. The molecule has 0 saturated carbocycles. The van der Waals surface area contributed by atoms with Gasteiger partial charge in [0.15, 0.2) is 0 Å². The van der Waals surface area contributed by atoms with Crippen LogP contribution in [0.2, 0.25) is 0 Å². The Balaban J connectivity index is 1.85. The Labute approximate surface area is 127 Å². The Morgan fingerprint density at radius 2 is 2.18 bits per heavy atom. The maximum atomic E-state index is 12.1. The van der Waals surface area contributed by atoms with E-state index in [1.165, 1.54) is 23.9 Å². The fourth-order valence-corrected chi connectivity index (χ4v) is 2.03. The van der Waals surface area contributed by atoms with Crippen LogP contribution in [0.4, 0.5) is 0 Å². The van der Waals surface area contributed by atoms with E-state index in [1.807, 2.05) is 17.8 Å². The minimum Gasteiger partial charge on any atom is -0.480 e. The molecule has 0 saturated heterocycles. The lowest BCUT2D eigenvalue weighted by atomic mass is 10.3. The minimum absolute atomic E-state index is 0.241. The zero-order valence-electron chi connectivity index (χ0n) is 12.6. The third-order valence-electron chi connectivity index (χ3n) is 3.24. The predicted octanol–water partition coefficient (Wildman–Crippen LogP) is 0.854. The summed E-state index contributed by atoms with van der Waals surface area (Å²) < 4.78 is 3.02. The zero-order chi connectivity index (χ0) is 16.1. The number of carboxylic acids is 1. The molecule has 22 heavy (non-hydrogen) atoms. The van der Waals surface area contributed by atoms with Gasteiger partial charge in [-0.05, 0) is 31.9 Å². The minimum atomic E-state index is -1.04. The van der Waals surface area contributed by atoms with Crippen LogP contribution in [-0.4, -0.2) is 43.1 Å². The Bertz CT molecular complexity index is 661. The maximum Gasteiger partial charge on any atom is 0.328 e. The van der Waals surface area contributed by atoms with Crippen molar-refractivity contribution in [3.63, 3.8) is 0 Å². The summed E-state index contributed by atoms with van der Waals surface area (Å²) in [4.78, 5) is 23.1. The van der Waals surface area contributed by atoms with Gasteiger partial charge < -0.3 is 10.4 Å². The number of carbonyl (C=O) groups excluding carboxylic acids is 1. The summed E-state index contributed by atoms with van der Waals surface area (Å²) in [6, 6.07) is 0.619. The molecule has 0 fully saturated rings. The molecular formula is C14H19N5O3. The van der Waals surface area contributed by atoms with Crippen molar-refractivity contribution >= 4 is 11.9 Å². The van der Waals surface area contributed by atoms with Crippen molar-refractivity contribution in [1.29, 1.82) is 0 Å². The number of aryl methyl sites for hydroxylation is 2. The lowest BCUT2D eigenvalue weighted by Gasteiger charge is -2.11. The van der Waals surface area contributed by atoms with Crippen molar-refractivity contribution in [2.24, 2.45) is 0 Å². The number of nitrogens with one attached hydrogen (secondary N) is 1. The average molecular weight is 305 g/mol. The zero-order valence-corrected chi connectivity index (χ0v) is 12.6. The first kappa shape index (κ1) is 15.7. The molecule has 0 bridgehead atoms. The number of aliphatic carboxylic acids is 1. The molecule has 1 amide bonds. The summed E-state index contributed by atoms with van der Waals surface area (Å²) in [5, 5.41) is 19.8. The van der Waals surface area contributed by atoms with E-state index in [0.29, 0.717) is 13.1 Å². The molecule has 118 valence electrons. The Morgan fingerprint density at radius 1 is 1.41 bits per heavy atom. The molecular weight excluding hydrogens is 286 g/mol. The summed E-state index contributed by atoms with van der Waals surface area (Å²) in [7, 11) is 0. The number of nitrogens with zero attached hydrogens (tertiary/aromatic N) is 4. The number of amides is 1. The second-order valence-corrected chi connectivity index (χ2v) is 5.07. The summed E-state index contributed by atoms with van der Waals surface area (Å²) in [5.41, 5.74) is 1.33. The van der Waals surface area contributed by atoms with Gasteiger partial charge in [-0.1, -0.05) is 0 Å². The molecule has 8 nitrogen and oxygen atoms in total. The van der Waals surface area contributed by atoms with Gasteiger partial charge >= 0.3 is 5.97 Å². The monoisotopic (exact) mass is 305 g/mol. The van der Waals surface area contributed by atoms with Crippen LogP contribution in [0.25, 0.3) is 0 Å². The van der Waals surface area contributed by atoms with Crippen LogP contribution in [0.5, 0.6) is 0 Å². The molecule has 8 heteroatoms. The highest BCUT2D eigenvalue weighted by atomic mass is 16.4. The van der Waals surface area contributed by atoms with Crippen LogP contribution in [-0.2, 0) is 11.3 Å². The lowest BCUT2D eigenvalue weighted by molar-refractivity contribution is -0.140. The first-order valence-corrected chi connectivity index (χ1v) is 7.02. The van der Waals surface area contributed by atoms with E-state index in [2.05, 4.69) is 15.5 Å². The van der Waals surface area contributed by atoms with Crippen molar-refractivity contribution in [2.75, 3.05) is 6.54 Å². The maximum absolute atomic E-state index is 12.1. The van der Waals surface area contributed by atoms with Crippen molar-refractivity contribution < 1.29 is 14.7 Å². The van der Waals surface area contributed by atoms with Crippen LogP contribution in [0.1, 0.15) is 35.4 Å². The number of aromatic nitrogens is 4. The molecule has 0 radical (unpaired) electrons. The second-order valence-electron chi connectivity index (χ2n) is 5.07. The van der Waals surface area contributed by atoms with E-state index in [4.69, 9.17) is 5.11 Å². The summed E-state index contributed by atoms with van der Waals surface area (Å²) >= 11 is 0. The van der Waals surface area contributed by atoms with Gasteiger partial charge in [-0.2, -0.15) is 10.2 Å². The number of carboxylic acid groups (broad SMARTS) is 1. The summed E-state index contributed by atoms with van der Waals surface area (Å²) in [6.07, 6.45) is 5.87. The largest absolute Gasteiger partial charge is 0.480 e. The number of rotatable bonds is 7. The van der Waals surface area contributed by atoms with Crippen molar-refractivity contribution in [3.05, 3.63) is 35.9 Å². The highest BCUT2D eigenvalue weighted by Crippen LogP contribution is 2.09. The third-order valence-corrected chi connectivity index (χ3v) is 3.24. The average Bonchev–Trinajstić information content (AvgIpc) is 3.11. The Hall–Kier alpha value is -2.64. The normalized spacial score (nSPS) is 12.1. The molecule has 2 aromatic rings. The molecule has 2 N–H and O–H groups in total.